The second kappa shape index (κ2) is 10.0. The SMILES string of the molecule is COc1ccccc1N(CC(=O)NCc1ccc(Cl)cc1Cl)S(=O)(=O)c1ccccc1. The molecule has 1 amide bonds. The molecule has 0 aliphatic carbocycles. The molecule has 0 aliphatic rings. The molecule has 6 nitrogen and oxygen atoms in total. The predicted molar refractivity (Wildman–Crippen MR) is 122 cm³/mol. The fourth-order valence-corrected chi connectivity index (χ4v) is 4.83. The maximum Gasteiger partial charge on any atom is 0.264 e. The van der Waals surface area contributed by atoms with Crippen LogP contribution in [-0.4, -0.2) is 28.0 Å². The topological polar surface area (TPSA) is 75.7 Å². The third-order valence-corrected chi connectivity index (χ3v) is 6.82. The molecule has 162 valence electrons. The Balaban J connectivity index is 1.89. The summed E-state index contributed by atoms with van der Waals surface area (Å²) in [7, 11) is -2.59. The molecule has 3 aromatic carbocycles. The Bertz CT molecular complexity index is 1170. The summed E-state index contributed by atoms with van der Waals surface area (Å²) in [6, 6.07) is 19.5. The van der Waals surface area contributed by atoms with Crippen LogP contribution in [0.1, 0.15) is 5.56 Å². The van der Waals surface area contributed by atoms with Crippen LogP contribution in [-0.2, 0) is 21.4 Å². The molecule has 31 heavy (non-hydrogen) atoms. The van der Waals surface area contributed by atoms with Crippen molar-refractivity contribution in [1.82, 2.24) is 5.32 Å². The van der Waals surface area contributed by atoms with Crippen molar-refractivity contribution in [2.24, 2.45) is 0 Å². The van der Waals surface area contributed by atoms with Crippen LogP contribution in [0.3, 0.4) is 0 Å². The Kier molecular flexibility index (Phi) is 7.43. The number of ether oxygens (including phenoxy) is 1. The number of benzene rings is 3. The van der Waals surface area contributed by atoms with Crippen molar-refractivity contribution < 1.29 is 17.9 Å². The minimum atomic E-state index is -4.03. The Morgan fingerprint density at radius 1 is 1.00 bits per heavy atom. The highest BCUT2D eigenvalue weighted by Gasteiger charge is 2.29. The number of hydrogen-bond acceptors (Lipinski definition) is 4. The second-order valence-corrected chi connectivity index (χ2v) is 9.21. The molecule has 0 saturated carbocycles. The van der Waals surface area contributed by atoms with Gasteiger partial charge in [0, 0.05) is 16.6 Å². The molecule has 0 atom stereocenters. The standard InChI is InChI=1S/C22H20Cl2N2O4S/c1-30-21-10-6-5-9-20(21)26(31(28,29)18-7-3-2-4-8-18)15-22(27)25-14-16-11-12-17(23)13-19(16)24/h2-13H,14-15H2,1H3,(H,25,27). The van der Waals surface area contributed by atoms with Gasteiger partial charge in [0.2, 0.25) is 5.91 Å². The number of hydrogen-bond donors (Lipinski definition) is 1. The minimum absolute atomic E-state index is 0.0643. The Hall–Kier alpha value is -2.74. The summed E-state index contributed by atoms with van der Waals surface area (Å²) in [5.74, 6) is -0.174. The van der Waals surface area contributed by atoms with E-state index in [0.717, 1.165) is 4.31 Å². The first-order valence-electron chi connectivity index (χ1n) is 9.24. The van der Waals surface area contributed by atoms with Crippen molar-refractivity contribution in [1.29, 1.82) is 0 Å². The van der Waals surface area contributed by atoms with Gasteiger partial charge in [-0.05, 0) is 42.0 Å². The number of halogens is 2. The molecule has 3 rings (SSSR count). The van der Waals surface area contributed by atoms with E-state index in [2.05, 4.69) is 5.32 Å². The molecule has 1 N–H and O–H groups in total. The number of nitrogens with zero attached hydrogens (tertiary/aromatic N) is 1. The number of anilines is 1. The minimum Gasteiger partial charge on any atom is -0.495 e. The quantitative estimate of drug-likeness (QED) is 0.516. The normalized spacial score (nSPS) is 11.1. The fourth-order valence-electron chi connectivity index (χ4n) is 2.90. The molecular formula is C22H20Cl2N2O4S. The molecule has 0 spiro atoms. The molecule has 0 aromatic heterocycles. The van der Waals surface area contributed by atoms with Crippen LogP contribution < -0.4 is 14.4 Å². The van der Waals surface area contributed by atoms with Crippen molar-refractivity contribution in [2.75, 3.05) is 18.0 Å². The van der Waals surface area contributed by atoms with E-state index in [1.807, 2.05) is 0 Å². The van der Waals surface area contributed by atoms with Gasteiger partial charge in [0.15, 0.2) is 0 Å². The molecule has 0 aliphatic heterocycles. The summed E-state index contributed by atoms with van der Waals surface area (Å²) in [5, 5.41) is 3.60. The highest BCUT2D eigenvalue weighted by atomic mass is 35.5. The lowest BCUT2D eigenvalue weighted by Crippen LogP contribution is -2.40. The molecule has 0 radical (unpaired) electrons. The third kappa shape index (κ3) is 5.50. The van der Waals surface area contributed by atoms with Gasteiger partial charge >= 0.3 is 0 Å². The van der Waals surface area contributed by atoms with Gasteiger partial charge in [0.05, 0.1) is 17.7 Å². The predicted octanol–water partition coefficient (Wildman–Crippen LogP) is 4.51. The fraction of sp³-hybridized carbons (Fsp3) is 0.136. The van der Waals surface area contributed by atoms with E-state index in [1.54, 1.807) is 60.7 Å². The summed E-state index contributed by atoms with van der Waals surface area (Å²) in [6.07, 6.45) is 0. The zero-order valence-electron chi connectivity index (χ0n) is 16.6. The molecule has 0 fully saturated rings. The molecule has 0 saturated heterocycles. The van der Waals surface area contributed by atoms with Crippen LogP contribution in [0.4, 0.5) is 5.69 Å². The number of nitrogens with one attached hydrogen (secondary N) is 1. The van der Waals surface area contributed by atoms with Crippen LogP contribution in [0.15, 0.2) is 77.7 Å². The van der Waals surface area contributed by atoms with E-state index in [-0.39, 0.29) is 17.1 Å². The summed E-state index contributed by atoms with van der Waals surface area (Å²) >= 11 is 12.0. The molecule has 3 aromatic rings. The van der Waals surface area contributed by atoms with E-state index in [4.69, 9.17) is 27.9 Å². The van der Waals surface area contributed by atoms with E-state index in [0.29, 0.717) is 21.4 Å². The van der Waals surface area contributed by atoms with Gasteiger partial charge in [-0.25, -0.2) is 8.42 Å². The maximum absolute atomic E-state index is 13.4. The first kappa shape index (κ1) is 22.9. The second-order valence-electron chi connectivity index (χ2n) is 6.51. The largest absolute Gasteiger partial charge is 0.495 e. The van der Waals surface area contributed by atoms with Gasteiger partial charge in [-0.1, -0.05) is 59.6 Å². The first-order valence-corrected chi connectivity index (χ1v) is 11.4. The van der Waals surface area contributed by atoms with Gasteiger partial charge in [0.1, 0.15) is 12.3 Å². The Morgan fingerprint density at radius 3 is 2.35 bits per heavy atom. The van der Waals surface area contributed by atoms with Gasteiger partial charge in [-0.3, -0.25) is 9.10 Å². The van der Waals surface area contributed by atoms with E-state index in [1.165, 1.54) is 19.2 Å². The van der Waals surface area contributed by atoms with Gasteiger partial charge in [0.25, 0.3) is 10.0 Å². The molecule has 0 unspecified atom stereocenters. The summed E-state index contributed by atoms with van der Waals surface area (Å²) in [5.41, 5.74) is 0.919. The average molecular weight is 479 g/mol. The first-order chi connectivity index (χ1) is 14.8. The monoisotopic (exact) mass is 478 g/mol. The zero-order chi connectivity index (χ0) is 22.4. The van der Waals surface area contributed by atoms with Crippen LogP contribution >= 0.6 is 23.2 Å². The molecule has 0 bridgehead atoms. The number of sulfonamides is 1. The Morgan fingerprint density at radius 2 is 1.68 bits per heavy atom. The van der Waals surface area contributed by atoms with E-state index >= 15 is 0 Å². The van der Waals surface area contributed by atoms with Crippen LogP contribution in [0.25, 0.3) is 0 Å². The lowest BCUT2D eigenvalue weighted by atomic mass is 10.2. The summed E-state index contributed by atoms with van der Waals surface area (Å²) in [6.45, 7) is -0.317. The van der Waals surface area contributed by atoms with Crippen molar-refractivity contribution in [3.05, 3.63) is 88.4 Å². The molecule has 0 heterocycles. The van der Waals surface area contributed by atoms with Crippen molar-refractivity contribution >= 4 is 44.8 Å². The number of amides is 1. The number of rotatable bonds is 8. The van der Waals surface area contributed by atoms with Crippen LogP contribution in [0, 0.1) is 0 Å². The highest BCUT2D eigenvalue weighted by Crippen LogP contribution is 2.32. The van der Waals surface area contributed by atoms with Crippen molar-refractivity contribution in [3.8, 4) is 5.75 Å². The lowest BCUT2D eigenvalue weighted by Gasteiger charge is -2.25. The Labute approximate surface area is 191 Å². The van der Waals surface area contributed by atoms with Crippen molar-refractivity contribution in [2.45, 2.75) is 11.4 Å². The molecule has 9 heteroatoms. The number of para-hydroxylation sites is 2. The maximum atomic E-state index is 13.4. The van der Waals surface area contributed by atoms with E-state index < -0.39 is 22.5 Å². The van der Waals surface area contributed by atoms with Crippen LogP contribution in [0.2, 0.25) is 10.0 Å². The van der Waals surface area contributed by atoms with Gasteiger partial charge in [-0.2, -0.15) is 0 Å². The van der Waals surface area contributed by atoms with E-state index in [9.17, 15) is 13.2 Å². The summed E-state index contributed by atoms with van der Waals surface area (Å²) in [4.78, 5) is 12.8. The number of methoxy groups -OCH3 is 1. The lowest BCUT2D eigenvalue weighted by molar-refractivity contribution is -0.119. The van der Waals surface area contributed by atoms with Crippen LogP contribution in [0.5, 0.6) is 5.75 Å². The van der Waals surface area contributed by atoms with Gasteiger partial charge < -0.3 is 10.1 Å². The molecular weight excluding hydrogens is 459 g/mol. The zero-order valence-corrected chi connectivity index (χ0v) is 18.9. The van der Waals surface area contributed by atoms with Crippen molar-refractivity contribution in [3.63, 3.8) is 0 Å². The van der Waals surface area contributed by atoms with Gasteiger partial charge in [-0.15, -0.1) is 0 Å². The number of carbonyl (C=O) groups is 1. The third-order valence-electron chi connectivity index (χ3n) is 4.46. The average Bonchev–Trinajstić information content (AvgIpc) is 2.77. The smallest absolute Gasteiger partial charge is 0.264 e. The highest BCUT2D eigenvalue weighted by molar-refractivity contribution is 7.92. The number of carbonyl (C=O) groups excluding carboxylic acids is 1. The summed E-state index contributed by atoms with van der Waals surface area (Å²) < 4.78 is 33.1.